The molecule has 0 aliphatic heterocycles. The van der Waals surface area contributed by atoms with Crippen molar-refractivity contribution in [2.75, 3.05) is 0 Å². The zero-order valence-electron chi connectivity index (χ0n) is 9.99. The summed E-state index contributed by atoms with van der Waals surface area (Å²) in [5, 5.41) is 0. The average Bonchev–Trinajstić information content (AvgIpc) is 2.33. The van der Waals surface area contributed by atoms with Crippen molar-refractivity contribution < 1.29 is 4.74 Å². The monoisotopic (exact) mass is 219 g/mol. The van der Waals surface area contributed by atoms with Gasteiger partial charge in [0.25, 0.3) is 0 Å². The molecular formula is C14H21NO. The SMILES string of the molecule is CCc1ccccc1OC1CCCCC1N. The van der Waals surface area contributed by atoms with Gasteiger partial charge < -0.3 is 10.5 Å². The Hall–Kier alpha value is -1.02. The number of nitrogens with two attached hydrogens (primary N) is 1. The number of benzene rings is 1. The van der Waals surface area contributed by atoms with Crippen LogP contribution in [0, 0.1) is 0 Å². The van der Waals surface area contributed by atoms with Crippen LogP contribution in [0.4, 0.5) is 0 Å². The van der Waals surface area contributed by atoms with Crippen LogP contribution in [0.3, 0.4) is 0 Å². The van der Waals surface area contributed by atoms with Gasteiger partial charge in [-0.3, -0.25) is 0 Å². The Bertz CT molecular complexity index is 337. The molecule has 1 aliphatic rings. The predicted molar refractivity (Wildman–Crippen MR) is 66.7 cm³/mol. The molecule has 1 aliphatic carbocycles. The molecule has 2 unspecified atom stereocenters. The molecule has 0 saturated heterocycles. The van der Waals surface area contributed by atoms with E-state index in [-0.39, 0.29) is 12.1 Å². The van der Waals surface area contributed by atoms with Gasteiger partial charge in [-0.2, -0.15) is 0 Å². The molecular weight excluding hydrogens is 198 g/mol. The highest BCUT2D eigenvalue weighted by Crippen LogP contribution is 2.25. The molecule has 0 heterocycles. The van der Waals surface area contributed by atoms with Crippen LogP contribution in [0.2, 0.25) is 0 Å². The molecule has 1 aromatic carbocycles. The standard InChI is InChI=1S/C14H21NO/c1-2-11-7-3-5-9-13(11)16-14-10-6-4-8-12(14)15/h3,5,7,9,12,14H,2,4,6,8,10,15H2,1H3. The summed E-state index contributed by atoms with van der Waals surface area (Å²) in [5.41, 5.74) is 7.37. The number of hydrogen-bond donors (Lipinski definition) is 1. The maximum atomic E-state index is 6.09. The molecule has 0 aromatic heterocycles. The first-order valence-corrected chi connectivity index (χ1v) is 6.31. The lowest BCUT2D eigenvalue weighted by atomic mass is 9.93. The quantitative estimate of drug-likeness (QED) is 0.848. The lowest BCUT2D eigenvalue weighted by molar-refractivity contribution is 0.131. The highest BCUT2D eigenvalue weighted by Gasteiger charge is 2.23. The van der Waals surface area contributed by atoms with E-state index in [4.69, 9.17) is 10.5 Å². The van der Waals surface area contributed by atoms with Crippen molar-refractivity contribution in [3.05, 3.63) is 29.8 Å². The summed E-state index contributed by atoms with van der Waals surface area (Å²) in [6.45, 7) is 2.16. The fourth-order valence-corrected chi connectivity index (χ4v) is 2.35. The molecule has 16 heavy (non-hydrogen) atoms. The largest absolute Gasteiger partial charge is 0.489 e. The minimum Gasteiger partial charge on any atom is -0.489 e. The van der Waals surface area contributed by atoms with Gasteiger partial charge in [0.05, 0.1) is 0 Å². The third-order valence-corrected chi connectivity index (χ3v) is 3.39. The van der Waals surface area contributed by atoms with E-state index in [1.54, 1.807) is 0 Å². The van der Waals surface area contributed by atoms with Crippen LogP contribution in [0.25, 0.3) is 0 Å². The summed E-state index contributed by atoms with van der Waals surface area (Å²) < 4.78 is 6.06. The molecule has 2 nitrogen and oxygen atoms in total. The van der Waals surface area contributed by atoms with Gasteiger partial charge >= 0.3 is 0 Å². The van der Waals surface area contributed by atoms with Crippen LogP contribution in [0.15, 0.2) is 24.3 Å². The second-order valence-electron chi connectivity index (χ2n) is 4.57. The van der Waals surface area contributed by atoms with Crippen LogP contribution in [-0.2, 0) is 6.42 Å². The van der Waals surface area contributed by atoms with Crippen LogP contribution in [0.5, 0.6) is 5.75 Å². The smallest absolute Gasteiger partial charge is 0.122 e. The Kier molecular flexibility index (Phi) is 3.83. The fourth-order valence-electron chi connectivity index (χ4n) is 2.35. The third kappa shape index (κ3) is 2.56. The molecule has 1 fully saturated rings. The van der Waals surface area contributed by atoms with Crippen LogP contribution >= 0.6 is 0 Å². The Morgan fingerprint density at radius 1 is 1.25 bits per heavy atom. The summed E-state index contributed by atoms with van der Waals surface area (Å²) >= 11 is 0. The first-order valence-electron chi connectivity index (χ1n) is 6.31. The predicted octanol–water partition coefficient (Wildman–Crippen LogP) is 2.90. The van der Waals surface area contributed by atoms with Gasteiger partial charge in [0.15, 0.2) is 0 Å². The van der Waals surface area contributed by atoms with Gasteiger partial charge in [0.2, 0.25) is 0 Å². The topological polar surface area (TPSA) is 35.2 Å². The Balaban J connectivity index is 2.07. The van der Waals surface area contributed by atoms with Crippen molar-refractivity contribution >= 4 is 0 Å². The molecule has 0 spiro atoms. The van der Waals surface area contributed by atoms with Crippen molar-refractivity contribution in [2.45, 2.75) is 51.2 Å². The second-order valence-corrected chi connectivity index (χ2v) is 4.57. The van der Waals surface area contributed by atoms with Gasteiger partial charge in [0, 0.05) is 6.04 Å². The van der Waals surface area contributed by atoms with E-state index in [9.17, 15) is 0 Å². The van der Waals surface area contributed by atoms with E-state index < -0.39 is 0 Å². The van der Waals surface area contributed by atoms with Crippen LogP contribution in [-0.4, -0.2) is 12.1 Å². The molecule has 0 amide bonds. The molecule has 2 rings (SSSR count). The molecule has 2 N–H and O–H groups in total. The molecule has 2 atom stereocenters. The molecule has 2 heteroatoms. The van der Waals surface area contributed by atoms with Gasteiger partial charge in [-0.25, -0.2) is 0 Å². The third-order valence-electron chi connectivity index (χ3n) is 3.39. The lowest BCUT2D eigenvalue weighted by Crippen LogP contribution is -2.41. The van der Waals surface area contributed by atoms with Crippen molar-refractivity contribution in [3.8, 4) is 5.75 Å². The van der Waals surface area contributed by atoms with Gasteiger partial charge in [-0.1, -0.05) is 31.5 Å². The highest BCUT2D eigenvalue weighted by molar-refractivity contribution is 5.33. The number of para-hydroxylation sites is 1. The maximum absolute atomic E-state index is 6.09. The number of hydrogen-bond acceptors (Lipinski definition) is 2. The average molecular weight is 219 g/mol. The van der Waals surface area contributed by atoms with E-state index >= 15 is 0 Å². The Labute approximate surface area is 97.8 Å². The van der Waals surface area contributed by atoms with E-state index in [0.29, 0.717) is 0 Å². The minimum atomic E-state index is 0.207. The Morgan fingerprint density at radius 3 is 2.75 bits per heavy atom. The normalized spacial score (nSPS) is 25.4. The number of rotatable bonds is 3. The van der Waals surface area contributed by atoms with Crippen molar-refractivity contribution in [1.82, 2.24) is 0 Å². The zero-order chi connectivity index (χ0) is 11.4. The second kappa shape index (κ2) is 5.35. The Morgan fingerprint density at radius 2 is 2.00 bits per heavy atom. The zero-order valence-corrected chi connectivity index (χ0v) is 9.99. The summed E-state index contributed by atoms with van der Waals surface area (Å²) in [7, 11) is 0. The summed E-state index contributed by atoms with van der Waals surface area (Å²) in [5.74, 6) is 1.02. The lowest BCUT2D eigenvalue weighted by Gasteiger charge is -2.29. The van der Waals surface area contributed by atoms with Gasteiger partial charge in [-0.05, 0) is 37.3 Å². The number of aryl methyl sites for hydroxylation is 1. The number of ether oxygens (including phenoxy) is 1. The summed E-state index contributed by atoms with van der Waals surface area (Å²) in [4.78, 5) is 0. The van der Waals surface area contributed by atoms with Gasteiger partial charge in [-0.15, -0.1) is 0 Å². The van der Waals surface area contributed by atoms with Crippen LogP contribution < -0.4 is 10.5 Å². The van der Waals surface area contributed by atoms with Crippen molar-refractivity contribution in [2.24, 2.45) is 5.73 Å². The summed E-state index contributed by atoms with van der Waals surface area (Å²) in [6.07, 6.45) is 5.90. The summed E-state index contributed by atoms with van der Waals surface area (Å²) in [6, 6.07) is 8.48. The first kappa shape index (κ1) is 11.5. The first-order chi connectivity index (χ1) is 7.81. The van der Waals surface area contributed by atoms with Crippen molar-refractivity contribution in [3.63, 3.8) is 0 Å². The molecule has 1 saturated carbocycles. The van der Waals surface area contributed by atoms with Crippen LogP contribution in [0.1, 0.15) is 38.2 Å². The van der Waals surface area contributed by atoms with Gasteiger partial charge in [0.1, 0.15) is 11.9 Å². The maximum Gasteiger partial charge on any atom is 0.122 e. The van der Waals surface area contributed by atoms with Crippen molar-refractivity contribution in [1.29, 1.82) is 0 Å². The fraction of sp³-hybridized carbons (Fsp3) is 0.571. The molecule has 88 valence electrons. The van der Waals surface area contributed by atoms with E-state index in [0.717, 1.165) is 25.0 Å². The molecule has 0 radical (unpaired) electrons. The molecule has 0 bridgehead atoms. The minimum absolute atomic E-state index is 0.207. The van der Waals surface area contributed by atoms with E-state index in [2.05, 4.69) is 25.1 Å². The highest BCUT2D eigenvalue weighted by atomic mass is 16.5. The van der Waals surface area contributed by atoms with E-state index in [1.807, 2.05) is 6.07 Å². The van der Waals surface area contributed by atoms with E-state index in [1.165, 1.54) is 18.4 Å². The molecule has 1 aromatic rings.